The van der Waals surface area contributed by atoms with E-state index in [2.05, 4.69) is 0 Å². The number of amides is 1. The molecule has 0 bridgehead atoms. The zero-order chi connectivity index (χ0) is 14.2. The Bertz CT molecular complexity index is 403. The molecule has 1 heterocycles. The van der Waals surface area contributed by atoms with Crippen LogP contribution in [0.5, 0.6) is 0 Å². The molecule has 5 heteroatoms. The maximum Gasteiger partial charge on any atom is 0.310 e. The summed E-state index contributed by atoms with van der Waals surface area (Å²) < 4.78 is 5.77. The lowest BCUT2D eigenvalue weighted by molar-refractivity contribution is -0.165. The molecule has 2 atom stereocenters. The molecule has 2 aliphatic carbocycles. The number of hydrogen-bond donors (Lipinski definition) is 1. The highest BCUT2D eigenvalue weighted by atomic mass is 16.5. The Morgan fingerprint density at radius 2 is 1.95 bits per heavy atom. The number of fused-ring (bicyclic) bond motifs is 1. The molecule has 0 aromatic heterocycles. The monoisotopic (exact) mass is 281 g/mol. The predicted octanol–water partition coefficient (Wildman–Crippen LogP) is 1.80. The van der Waals surface area contributed by atoms with Crippen LogP contribution in [0.15, 0.2) is 0 Å². The number of aliphatic carboxylic acids is 1. The first-order valence-electron chi connectivity index (χ1n) is 7.77. The molecule has 112 valence electrons. The van der Waals surface area contributed by atoms with Gasteiger partial charge in [0.25, 0.3) is 0 Å². The molecule has 0 radical (unpaired) electrons. The zero-order valence-corrected chi connectivity index (χ0v) is 11.8. The van der Waals surface area contributed by atoms with E-state index in [9.17, 15) is 14.7 Å². The Hall–Kier alpha value is -1.10. The number of morpholine rings is 1. The average Bonchev–Trinajstić information content (AvgIpc) is 2.41. The van der Waals surface area contributed by atoms with Crippen LogP contribution >= 0.6 is 0 Å². The van der Waals surface area contributed by atoms with Gasteiger partial charge in [0.2, 0.25) is 5.91 Å². The lowest BCUT2D eigenvalue weighted by Gasteiger charge is -2.45. The smallest absolute Gasteiger partial charge is 0.310 e. The van der Waals surface area contributed by atoms with Gasteiger partial charge in [0.05, 0.1) is 24.2 Å². The van der Waals surface area contributed by atoms with Crippen molar-refractivity contribution in [2.75, 3.05) is 13.2 Å². The summed E-state index contributed by atoms with van der Waals surface area (Å²) in [6, 6.07) is 0.177. The van der Waals surface area contributed by atoms with Gasteiger partial charge in [-0.05, 0) is 25.7 Å². The van der Waals surface area contributed by atoms with Gasteiger partial charge in [-0.15, -0.1) is 0 Å². The highest BCUT2D eigenvalue weighted by Crippen LogP contribution is 2.45. The number of ether oxygens (including phenoxy) is 1. The Labute approximate surface area is 119 Å². The van der Waals surface area contributed by atoms with Gasteiger partial charge in [0, 0.05) is 13.0 Å². The molecule has 3 fully saturated rings. The van der Waals surface area contributed by atoms with Crippen molar-refractivity contribution in [2.45, 2.75) is 63.5 Å². The van der Waals surface area contributed by atoms with Gasteiger partial charge in [-0.2, -0.15) is 0 Å². The number of carbonyl (C=O) groups is 2. The molecule has 0 aromatic carbocycles. The lowest BCUT2D eigenvalue weighted by Crippen LogP contribution is -2.56. The summed E-state index contributed by atoms with van der Waals surface area (Å²) in [5.74, 6) is -0.780. The van der Waals surface area contributed by atoms with E-state index in [-0.39, 0.29) is 24.5 Å². The minimum Gasteiger partial charge on any atom is -0.481 e. The van der Waals surface area contributed by atoms with Crippen LogP contribution in [0.4, 0.5) is 0 Å². The van der Waals surface area contributed by atoms with Crippen LogP contribution in [-0.4, -0.2) is 47.2 Å². The van der Waals surface area contributed by atoms with Crippen LogP contribution < -0.4 is 0 Å². The second-order valence-electron chi connectivity index (χ2n) is 6.46. The van der Waals surface area contributed by atoms with E-state index in [0.717, 1.165) is 25.7 Å². The van der Waals surface area contributed by atoms with Gasteiger partial charge in [-0.3, -0.25) is 9.59 Å². The van der Waals surface area contributed by atoms with Crippen molar-refractivity contribution < 1.29 is 19.4 Å². The molecular formula is C15H23NO4. The van der Waals surface area contributed by atoms with Gasteiger partial charge >= 0.3 is 5.97 Å². The second kappa shape index (κ2) is 5.35. The quantitative estimate of drug-likeness (QED) is 0.856. The van der Waals surface area contributed by atoms with E-state index in [4.69, 9.17) is 4.74 Å². The highest BCUT2D eigenvalue weighted by molar-refractivity contribution is 5.86. The first-order chi connectivity index (χ1) is 9.62. The Kier molecular flexibility index (Phi) is 3.71. The second-order valence-corrected chi connectivity index (χ2v) is 6.46. The normalized spacial score (nSPS) is 32.1. The van der Waals surface area contributed by atoms with E-state index in [1.165, 1.54) is 6.42 Å². The number of carboxylic acid groups (broad SMARTS) is 1. The summed E-state index contributed by atoms with van der Waals surface area (Å²) in [5.41, 5.74) is -0.778. The summed E-state index contributed by atoms with van der Waals surface area (Å²) >= 11 is 0. The molecule has 5 nitrogen and oxygen atoms in total. The third-order valence-electron chi connectivity index (χ3n) is 5.31. The van der Waals surface area contributed by atoms with Crippen molar-refractivity contribution in [2.24, 2.45) is 5.41 Å². The van der Waals surface area contributed by atoms with Gasteiger partial charge in [0.1, 0.15) is 0 Å². The van der Waals surface area contributed by atoms with Gasteiger partial charge in [0.15, 0.2) is 0 Å². The number of hydrogen-bond acceptors (Lipinski definition) is 3. The van der Waals surface area contributed by atoms with Crippen molar-refractivity contribution in [3.8, 4) is 0 Å². The lowest BCUT2D eigenvalue weighted by atomic mass is 9.66. The van der Waals surface area contributed by atoms with Crippen LogP contribution in [0.25, 0.3) is 0 Å². The van der Waals surface area contributed by atoms with E-state index in [0.29, 0.717) is 26.0 Å². The third-order valence-corrected chi connectivity index (χ3v) is 5.31. The Morgan fingerprint density at radius 3 is 2.60 bits per heavy atom. The van der Waals surface area contributed by atoms with Crippen molar-refractivity contribution in [1.82, 2.24) is 4.90 Å². The number of rotatable bonds is 3. The first-order valence-corrected chi connectivity index (χ1v) is 7.77. The summed E-state index contributed by atoms with van der Waals surface area (Å²) in [5, 5.41) is 9.37. The third kappa shape index (κ3) is 2.32. The van der Waals surface area contributed by atoms with Crippen molar-refractivity contribution in [3.63, 3.8) is 0 Å². The summed E-state index contributed by atoms with van der Waals surface area (Å²) in [6.45, 7) is 1.21. The number of carboxylic acids is 1. The van der Waals surface area contributed by atoms with Crippen LogP contribution in [0.3, 0.4) is 0 Å². The topological polar surface area (TPSA) is 66.8 Å². The van der Waals surface area contributed by atoms with E-state index >= 15 is 0 Å². The largest absolute Gasteiger partial charge is 0.481 e. The summed E-state index contributed by atoms with van der Waals surface area (Å²) in [4.78, 5) is 25.9. The van der Waals surface area contributed by atoms with Crippen LogP contribution in [0, 0.1) is 5.41 Å². The SMILES string of the molecule is O=C(CC1(C(=O)O)CCC1)N1CCOC2CCCCC21. The maximum atomic E-state index is 12.6. The van der Waals surface area contributed by atoms with Crippen LogP contribution in [-0.2, 0) is 14.3 Å². The molecule has 2 unspecified atom stereocenters. The standard InChI is InChI=1S/C15H23NO4/c17-13(10-15(14(18)19)6-3-7-15)16-8-9-20-12-5-2-1-4-11(12)16/h11-12H,1-10H2,(H,18,19). The first kappa shape index (κ1) is 13.9. The van der Waals surface area contributed by atoms with Crippen LogP contribution in [0.1, 0.15) is 51.4 Å². The Balaban J connectivity index is 1.68. The highest BCUT2D eigenvalue weighted by Gasteiger charge is 2.48. The average molecular weight is 281 g/mol. The van der Waals surface area contributed by atoms with E-state index in [1.807, 2.05) is 4.90 Å². The maximum absolute atomic E-state index is 12.6. The fraction of sp³-hybridized carbons (Fsp3) is 0.867. The minimum atomic E-state index is -0.800. The molecule has 0 spiro atoms. The molecule has 1 N–H and O–H groups in total. The molecule has 1 saturated heterocycles. The molecule has 1 amide bonds. The molecule has 0 aromatic rings. The van der Waals surface area contributed by atoms with Crippen molar-refractivity contribution in [3.05, 3.63) is 0 Å². The summed E-state index contributed by atoms with van der Waals surface area (Å²) in [6.07, 6.45) is 6.89. The van der Waals surface area contributed by atoms with Gasteiger partial charge < -0.3 is 14.7 Å². The zero-order valence-electron chi connectivity index (χ0n) is 11.8. The van der Waals surface area contributed by atoms with Crippen molar-refractivity contribution >= 4 is 11.9 Å². The molecule has 1 aliphatic heterocycles. The molecule has 2 saturated carbocycles. The van der Waals surface area contributed by atoms with E-state index in [1.54, 1.807) is 0 Å². The Morgan fingerprint density at radius 1 is 1.20 bits per heavy atom. The fourth-order valence-electron chi connectivity index (χ4n) is 3.87. The molecule has 3 aliphatic rings. The minimum absolute atomic E-state index is 0.0206. The molecule has 20 heavy (non-hydrogen) atoms. The van der Waals surface area contributed by atoms with Gasteiger partial charge in [-0.25, -0.2) is 0 Å². The number of nitrogens with zero attached hydrogens (tertiary/aromatic N) is 1. The van der Waals surface area contributed by atoms with E-state index < -0.39 is 11.4 Å². The van der Waals surface area contributed by atoms with Crippen LogP contribution in [0.2, 0.25) is 0 Å². The van der Waals surface area contributed by atoms with Crippen molar-refractivity contribution in [1.29, 1.82) is 0 Å². The fourth-order valence-corrected chi connectivity index (χ4v) is 3.87. The predicted molar refractivity (Wildman–Crippen MR) is 72.2 cm³/mol. The summed E-state index contributed by atoms with van der Waals surface area (Å²) in [7, 11) is 0. The number of carbonyl (C=O) groups excluding carboxylic acids is 1. The van der Waals surface area contributed by atoms with Gasteiger partial charge in [-0.1, -0.05) is 19.3 Å². The molecular weight excluding hydrogens is 258 g/mol. The molecule has 3 rings (SSSR count).